The monoisotopic (exact) mass is 308 g/mol. The number of ether oxygens (including phenoxy) is 2. The molecule has 5 nitrogen and oxygen atoms in total. The molecule has 1 aliphatic carbocycles. The molecule has 0 aliphatic heterocycles. The van der Waals surface area contributed by atoms with E-state index in [0.717, 1.165) is 12.8 Å². The maximum atomic E-state index is 12.3. The molecule has 1 fully saturated rings. The van der Waals surface area contributed by atoms with Crippen molar-refractivity contribution in [2.75, 3.05) is 40.5 Å². The van der Waals surface area contributed by atoms with Gasteiger partial charge in [0.1, 0.15) is 0 Å². The number of nitrogens with zero attached hydrogens (tertiary/aromatic N) is 1. The average molecular weight is 309 g/mol. The van der Waals surface area contributed by atoms with Gasteiger partial charge in [-0.2, -0.15) is 0 Å². The van der Waals surface area contributed by atoms with Gasteiger partial charge in [-0.25, -0.2) is 0 Å². The van der Waals surface area contributed by atoms with Crippen molar-refractivity contribution in [3.63, 3.8) is 0 Å². The summed E-state index contributed by atoms with van der Waals surface area (Å²) >= 11 is 0. The van der Waals surface area contributed by atoms with Crippen LogP contribution in [-0.4, -0.2) is 57.4 Å². The second-order valence-corrected chi connectivity index (χ2v) is 5.28. The van der Waals surface area contributed by atoms with Gasteiger partial charge < -0.3 is 20.1 Å². The lowest BCUT2D eigenvalue weighted by atomic mass is 9.83. The molecule has 0 bridgehead atoms. The largest absolute Gasteiger partial charge is 0.383 e. The van der Waals surface area contributed by atoms with Crippen LogP contribution in [0, 0.1) is 5.92 Å². The minimum absolute atomic E-state index is 0. The summed E-state index contributed by atoms with van der Waals surface area (Å²) in [4.78, 5) is 14.2. The van der Waals surface area contributed by atoms with E-state index >= 15 is 0 Å². The first-order chi connectivity index (χ1) is 9.19. The van der Waals surface area contributed by atoms with Gasteiger partial charge >= 0.3 is 0 Å². The van der Waals surface area contributed by atoms with E-state index < -0.39 is 0 Å². The second kappa shape index (κ2) is 11.3. The zero-order valence-electron chi connectivity index (χ0n) is 12.7. The van der Waals surface area contributed by atoms with Gasteiger partial charge in [-0.3, -0.25) is 4.79 Å². The van der Waals surface area contributed by atoms with E-state index in [-0.39, 0.29) is 24.4 Å². The van der Waals surface area contributed by atoms with E-state index in [1.54, 1.807) is 14.2 Å². The lowest BCUT2D eigenvalue weighted by Gasteiger charge is -2.30. The summed E-state index contributed by atoms with van der Waals surface area (Å²) in [6.45, 7) is 2.37. The molecule has 2 unspecified atom stereocenters. The lowest BCUT2D eigenvalue weighted by molar-refractivity contribution is -0.133. The van der Waals surface area contributed by atoms with Crippen LogP contribution in [-0.2, 0) is 14.3 Å². The Morgan fingerprint density at radius 2 is 1.70 bits per heavy atom. The molecule has 0 radical (unpaired) electrons. The molecule has 2 N–H and O–H groups in total. The summed E-state index contributed by atoms with van der Waals surface area (Å²) in [5, 5.41) is 0. The fraction of sp³-hybridized carbons (Fsp3) is 0.929. The zero-order chi connectivity index (χ0) is 14.1. The van der Waals surface area contributed by atoms with Crippen LogP contribution >= 0.6 is 12.4 Å². The van der Waals surface area contributed by atoms with E-state index in [1.807, 2.05) is 4.90 Å². The van der Waals surface area contributed by atoms with Crippen molar-refractivity contribution in [2.45, 2.75) is 38.1 Å². The van der Waals surface area contributed by atoms with Crippen molar-refractivity contribution >= 4 is 18.3 Å². The first-order valence-corrected chi connectivity index (χ1v) is 7.20. The molecule has 1 amide bonds. The molecule has 1 aliphatic rings. The SMILES string of the molecule is COCCN(CCOC)C(=O)CC1CCCCC1N.Cl. The predicted molar refractivity (Wildman–Crippen MR) is 82.1 cm³/mol. The maximum absolute atomic E-state index is 12.3. The Labute approximate surface area is 128 Å². The molecule has 1 saturated carbocycles. The van der Waals surface area contributed by atoms with Crippen molar-refractivity contribution in [3.05, 3.63) is 0 Å². The Morgan fingerprint density at radius 1 is 1.15 bits per heavy atom. The number of rotatable bonds is 8. The molecule has 0 aromatic rings. The molecule has 0 aromatic carbocycles. The Kier molecular flexibility index (Phi) is 11.1. The van der Waals surface area contributed by atoms with E-state index in [9.17, 15) is 4.79 Å². The number of halogens is 1. The quantitative estimate of drug-likeness (QED) is 0.737. The minimum atomic E-state index is 0. The smallest absolute Gasteiger partial charge is 0.223 e. The molecule has 0 aromatic heterocycles. The van der Waals surface area contributed by atoms with Crippen molar-refractivity contribution in [1.29, 1.82) is 0 Å². The number of nitrogens with two attached hydrogens (primary N) is 1. The predicted octanol–water partition coefficient (Wildman–Crippen LogP) is 1.44. The van der Waals surface area contributed by atoms with Crippen LogP contribution in [0.15, 0.2) is 0 Å². The summed E-state index contributed by atoms with van der Waals surface area (Å²) in [5.74, 6) is 0.519. The van der Waals surface area contributed by atoms with Gasteiger partial charge in [0.25, 0.3) is 0 Å². The Morgan fingerprint density at radius 3 is 2.20 bits per heavy atom. The van der Waals surface area contributed by atoms with Crippen LogP contribution in [0.1, 0.15) is 32.1 Å². The van der Waals surface area contributed by atoms with E-state index in [2.05, 4.69) is 0 Å². The summed E-state index contributed by atoms with van der Waals surface area (Å²) in [6, 6.07) is 0.185. The number of carbonyl (C=O) groups is 1. The third kappa shape index (κ3) is 6.88. The van der Waals surface area contributed by atoms with Gasteiger partial charge in [0, 0.05) is 39.8 Å². The van der Waals surface area contributed by atoms with Crippen LogP contribution in [0.25, 0.3) is 0 Å². The summed E-state index contributed by atoms with van der Waals surface area (Å²) in [7, 11) is 3.30. The van der Waals surface area contributed by atoms with Crippen molar-refractivity contribution in [3.8, 4) is 0 Å². The zero-order valence-corrected chi connectivity index (χ0v) is 13.5. The summed E-state index contributed by atoms with van der Waals surface area (Å²) in [5.41, 5.74) is 6.11. The third-order valence-electron chi connectivity index (χ3n) is 3.89. The fourth-order valence-corrected chi connectivity index (χ4v) is 2.61. The highest BCUT2D eigenvalue weighted by atomic mass is 35.5. The van der Waals surface area contributed by atoms with E-state index in [4.69, 9.17) is 15.2 Å². The Balaban J connectivity index is 0.00000361. The van der Waals surface area contributed by atoms with Gasteiger partial charge in [-0.05, 0) is 18.8 Å². The van der Waals surface area contributed by atoms with Crippen LogP contribution in [0.5, 0.6) is 0 Å². The highest BCUT2D eigenvalue weighted by Gasteiger charge is 2.26. The van der Waals surface area contributed by atoms with Crippen LogP contribution in [0.3, 0.4) is 0 Å². The maximum Gasteiger partial charge on any atom is 0.223 e. The molecule has 2 atom stereocenters. The van der Waals surface area contributed by atoms with Gasteiger partial charge in [-0.1, -0.05) is 12.8 Å². The molecule has 0 heterocycles. The Bertz CT molecular complexity index is 259. The first kappa shape index (κ1) is 19.6. The molecule has 0 spiro atoms. The van der Waals surface area contributed by atoms with Crippen molar-refractivity contribution < 1.29 is 14.3 Å². The third-order valence-corrected chi connectivity index (χ3v) is 3.89. The minimum Gasteiger partial charge on any atom is -0.383 e. The lowest BCUT2D eigenvalue weighted by Crippen LogP contribution is -2.41. The molecule has 120 valence electrons. The number of hydrogen-bond donors (Lipinski definition) is 1. The van der Waals surface area contributed by atoms with Crippen molar-refractivity contribution in [2.24, 2.45) is 11.7 Å². The normalized spacial score (nSPS) is 22.1. The summed E-state index contributed by atoms with van der Waals surface area (Å²) in [6.07, 6.45) is 5.09. The van der Waals surface area contributed by atoms with E-state index in [1.165, 1.54) is 12.8 Å². The number of hydrogen-bond acceptors (Lipinski definition) is 4. The molecule has 6 heteroatoms. The number of carbonyl (C=O) groups excluding carboxylic acids is 1. The summed E-state index contributed by atoms with van der Waals surface area (Å²) < 4.78 is 10.1. The Hall–Kier alpha value is -0.360. The van der Waals surface area contributed by atoms with E-state index in [0.29, 0.717) is 38.6 Å². The van der Waals surface area contributed by atoms with Crippen LogP contribution < -0.4 is 5.73 Å². The topological polar surface area (TPSA) is 64.8 Å². The standard InChI is InChI=1S/C14H28N2O3.ClH/c1-18-9-7-16(8-10-19-2)14(17)11-12-5-3-4-6-13(12)15;/h12-13H,3-11,15H2,1-2H3;1H. The number of methoxy groups -OCH3 is 2. The van der Waals surface area contributed by atoms with Gasteiger partial charge in [0.05, 0.1) is 13.2 Å². The van der Waals surface area contributed by atoms with Crippen molar-refractivity contribution in [1.82, 2.24) is 4.90 Å². The molecule has 1 rings (SSSR count). The highest BCUT2D eigenvalue weighted by Crippen LogP contribution is 2.26. The highest BCUT2D eigenvalue weighted by molar-refractivity contribution is 5.85. The second-order valence-electron chi connectivity index (χ2n) is 5.28. The van der Waals surface area contributed by atoms with Gasteiger partial charge in [0.2, 0.25) is 5.91 Å². The molecule has 20 heavy (non-hydrogen) atoms. The van der Waals surface area contributed by atoms with Gasteiger partial charge in [-0.15, -0.1) is 12.4 Å². The average Bonchev–Trinajstić information content (AvgIpc) is 2.41. The van der Waals surface area contributed by atoms with Crippen LogP contribution in [0.4, 0.5) is 0 Å². The molecular formula is C14H29ClN2O3. The van der Waals surface area contributed by atoms with Crippen LogP contribution in [0.2, 0.25) is 0 Å². The fourth-order valence-electron chi connectivity index (χ4n) is 2.61. The first-order valence-electron chi connectivity index (χ1n) is 7.20. The number of amides is 1. The molecular weight excluding hydrogens is 280 g/mol. The molecule has 0 saturated heterocycles. The van der Waals surface area contributed by atoms with Gasteiger partial charge in [0.15, 0.2) is 0 Å².